The van der Waals surface area contributed by atoms with Crippen molar-refractivity contribution in [1.29, 1.82) is 0 Å². The molecule has 1 aromatic rings. The molecule has 118 valence electrons. The lowest BCUT2D eigenvalue weighted by Gasteiger charge is -2.20. The van der Waals surface area contributed by atoms with Crippen molar-refractivity contribution in [3.63, 3.8) is 0 Å². The van der Waals surface area contributed by atoms with Crippen molar-refractivity contribution < 1.29 is 27.5 Å². The van der Waals surface area contributed by atoms with Crippen LogP contribution in [0.15, 0.2) is 0 Å². The third-order valence-electron chi connectivity index (χ3n) is 2.51. The number of methoxy groups -OCH3 is 1. The van der Waals surface area contributed by atoms with Gasteiger partial charge in [-0.05, 0) is 0 Å². The van der Waals surface area contributed by atoms with Crippen LogP contribution in [0, 0.1) is 0 Å². The summed E-state index contributed by atoms with van der Waals surface area (Å²) >= 11 is 0.677. The second kappa shape index (κ2) is 6.20. The minimum absolute atomic E-state index is 0.0513. The van der Waals surface area contributed by atoms with Crippen LogP contribution in [0.5, 0.6) is 0 Å². The molecule has 0 bridgehead atoms. The SMILES string of the molecule is CNC(=O)c1c(N(C)CC(F)(F)F)sc(C(=O)OC)c1N. The van der Waals surface area contributed by atoms with E-state index in [1.165, 1.54) is 7.05 Å². The number of alkyl halides is 3. The van der Waals surface area contributed by atoms with E-state index in [2.05, 4.69) is 10.1 Å². The first-order valence-electron chi connectivity index (χ1n) is 5.63. The van der Waals surface area contributed by atoms with E-state index in [1.807, 2.05) is 0 Å². The van der Waals surface area contributed by atoms with Crippen LogP contribution in [0.1, 0.15) is 20.0 Å². The Hall–Kier alpha value is -1.97. The third-order valence-corrected chi connectivity index (χ3v) is 3.81. The largest absolute Gasteiger partial charge is 0.465 e. The monoisotopic (exact) mass is 325 g/mol. The van der Waals surface area contributed by atoms with Crippen molar-refractivity contribution in [2.45, 2.75) is 6.18 Å². The molecular weight excluding hydrogens is 311 g/mol. The lowest BCUT2D eigenvalue weighted by Crippen LogP contribution is -2.32. The van der Waals surface area contributed by atoms with E-state index in [1.54, 1.807) is 0 Å². The Kier molecular flexibility index (Phi) is 5.05. The highest BCUT2D eigenvalue weighted by Crippen LogP contribution is 2.39. The van der Waals surface area contributed by atoms with Crippen LogP contribution in [0.2, 0.25) is 0 Å². The first-order valence-corrected chi connectivity index (χ1v) is 6.44. The molecule has 3 N–H and O–H groups in total. The fourth-order valence-corrected chi connectivity index (χ4v) is 2.73. The molecule has 0 fully saturated rings. The van der Waals surface area contributed by atoms with Crippen LogP contribution < -0.4 is 16.0 Å². The highest BCUT2D eigenvalue weighted by atomic mass is 32.1. The number of nitrogens with zero attached hydrogens (tertiary/aromatic N) is 1. The van der Waals surface area contributed by atoms with Crippen molar-refractivity contribution in [3.05, 3.63) is 10.4 Å². The molecule has 21 heavy (non-hydrogen) atoms. The maximum Gasteiger partial charge on any atom is 0.405 e. The Morgan fingerprint density at radius 3 is 2.43 bits per heavy atom. The predicted octanol–water partition coefficient (Wildman–Crippen LogP) is 1.47. The van der Waals surface area contributed by atoms with E-state index >= 15 is 0 Å². The van der Waals surface area contributed by atoms with Crippen molar-refractivity contribution in [1.82, 2.24) is 5.32 Å². The molecule has 0 aliphatic rings. The number of amides is 1. The first kappa shape index (κ1) is 17.1. The molecule has 0 aliphatic carbocycles. The maximum atomic E-state index is 12.5. The molecule has 0 spiro atoms. The number of hydrogen-bond acceptors (Lipinski definition) is 6. The zero-order chi connectivity index (χ0) is 16.4. The Morgan fingerprint density at radius 2 is 2.00 bits per heavy atom. The number of hydrogen-bond donors (Lipinski definition) is 2. The summed E-state index contributed by atoms with van der Waals surface area (Å²) in [5.74, 6) is -1.49. The number of carbonyl (C=O) groups excluding carboxylic acids is 2. The number of halogens is 3. The van der Waals surface area contributed by atoms with Gasteiger partial charge in [0.15, 0.2) is 0 Å². The summed E-state index contributed by atoms with van der Waals surface area (Å²) in [6.07, 6.45) is -4.46. The molecule has 0 aromatic carbocycles. The summed E-state index contributed by atoms with van der Waals surface area (Å²) in [5, 5.41) is 2.23. The van der Waals surface area contributed by atoms with Gasteiger partial charge in [0.05, 0.1) is 18.4 Å². The number of nitrogens with two attached hydrogens (primary N) is 1. The molecule has 1 heterocycles. The van der Waals surface area contributed by atoms with Crippen molar-refractivity contribution in [2.24, 2.45) is 0 Å². The minimum Gasteiger partial charge on any atom is -0.465 e. The van der Waals surface area contributed by atoms with E-state index in [0.717, 1.165) is 19.1 Å². The number of rotatable bonds is 4. The molecular formula is C11H14F3N3O3S. The van der Waals surface area contributed by atoms with Crippen LogP contribution in [-0.4, -0.2) is 45.8 Å². The Bertz CT molecular complexity index is 557. The third kappa shape index (κ3) is 3.78. The molecule has 0 saturated carbocycles. The fraction of sp³-hybridized carbons (Fsp3) is 0.455. The lowest BCUT2D eigenvalue weighted by molar-refractivity contribution is -0.119. The van der Waals surface area contributed by atoms with Gasteiger partial charge in [0, 0.05) is 14.1 Å². The van der Waals surface area contributed by atoms with E-state index in [4.69, 9.17) is 5.73 Å². The highest BCUT2D eigenvalue weighted by Gasteiger charge is 2.33. The summed E-state index contributed by atoms with van der Waals surface area (Å²) in [6.45, 7) is -1.28. The summed E-state index contributed by atoms with van der Waals surface area (Å²) in [6, 6.07) is 0. The predicted molar refractivity (Wildman–Crippen MR) is 72.8 cm³/mol. The highest BCUT2D eigenvalue weighted by molar-refractivity contribution is 7.19. The van der Waals surface area contributed by atoms with Crippen LogP contribution in [0.3, 0.4) is 0 Å². The summed E-state index contributed by atoms with van der Waals surface area (Å²) in [4.78, 5) is 24.1. The second-order valence-electron chi connectivity index (χ2n) is 4.07. The average Bonchev–Trinajstić information content (AvgIpc) is 2.73. The van der Waals surface area contributed by atoms with Gasteiger partial charge < -0.3 is 20.7 Å². The number of thiophene rings is 1. The molecule has 0 saturated heterocycles. The Labute approximate surface area is 122 Å². The van der Waals surface area contributed by atoms with E-state index in [9.17, 15) is 22.8 Å². The molecule has 1 amide bonds. The zero-order valence-electron chi connectivity index (χ0n) is 11.5. The normalized spacial score (nSPS) is 11.1. The summed E-state index contributed by atoms with van der Waals surface area (Å²) < 4.78 is 41.9. The maximum absolute atomic E-state index is 12.5. The van der Waals surface area contributed by atoms with Gasteiger partial charge in [0.2, 0.25) is 0 Å². The van der Waals surface area contributed by atoms with Gasteiger partial charge in [-0.3, -0.25) is 4.79 Å². The van der Waals surface area contributed by atoms with E-state index in [-0.39, 0.29) is 21.1 Å². The molecule has 0 aliphatic heterocycles. The number of nitrogen functional groups attached to an aromatic ring is 1. The van der Waals surface area contributed by atoms with Gasteiger partial charge in [0.1, 0.15) is 16.4 Å². The molecule has 10 heteroatoms. The number of carbonyl (C=O) groups is 2. The van der Waals surface area contributed by atoms with Crippen LogP contribution in [0.25, 0.3) is 0 Å². The van der Waals surface area contributed by atoms with Crippen LogP contribution >= 0.6 is 11.3 Å². The standard InChI is InChI=1S/C11H14F3N3O3S/c1-16-8(18)5-6(15)7(10(19)20-3)21-9(5)17(2)4-11(12,13)14/h4,15H2,1-3H3,(H,16,18). The summed E-state index contributed by atoms with van der Waals surface area (Å²) in [5.41, 5.74) is 5.33. The fourth-order valence-electron chi connectivity index (χ4n) is 1.63. The molecule has 6 nitrogen and oxygen atoms in total. The van der Waals surface area contributed by atoms with Crippen LogP contribution in [0.4, 0.5) is 23.9 Å². The average molecular weight is 325 g/mol. The van der Waals surface area contributed by atoms with E-state index in [0.29, 0.717) is 11.3 Å². The first-order chi connectivity index (χ1) is 9.62. The number of nitrogens with one attached hydrogen (secondary N) is 1. The molecule has 0 radical (unpaired) electrons. The van der Waals surface area contributed by atoms with Crippen molar-refractivity contribution in [3.8, 4) is 0 Å². The quantitative estimate of drug-likeness (QED) is 0.819. The lowest BCUT2D eigenvalue weighted by atomic mass is 10.2. The molecule has 1 rings (SSSR count). The number of esters is 1. The topological polar surface area (TPSA) is 84.7 Å². The molecule has 1 aromatic heterocycles. The van der Waals surface area contributed by atoms with Gasteiger partial charge in [0.25, 0.3) is 5.91 Å². The van der Waals surface area contributed by atoms with Crippen LogP contribution in [-0.2, 0) is 4.74 Å². The Morgan fingerprint density at radius 1 is 1.43 bits per heavy atom. The van der Waals surface area contributed by atoms with E-state index < -0.39 is 24.6 Å². The van der Waals surface area contributed by atoms with Gasteiger partial charge in [-0.15, -0.1) is 11.3 Å². The van der Waals surface area contributed by atoms with Gasteiger partial charge in [-0.1, -0.05) is 0 Å². The van der Waals surface area contributed by atoms with Gasteiger partial charge in [-0.25, -0.2) is 4.79 Å². The minimum atomic E-state index is -4.46. The zero-order valence-corrected chi connectivity index (χ0v) is 12.3. The van der Waals surface area contributed by atoms with Gasteiger partial charge in [-0.2, -0.15) is 13.2 Å². The summed E-state index contributed by atoms with van der Waals surface area (Å²) in [7, 11) is 3.58. The molecule has 0 unspecified atom stereocenters. The molecule has 0 atom stereocenters. The van der Waals surface area contributed by atoms with Crippen molar-refractivity contribution >= 4 is 33.9 Å². The van der Waals surface area contributed by atoms with Gasteiger partial charge >= 0.3 is 12.1 Å². The number of anilines is 2. The Balaban J connectivity index is 3.35. The smallest absolute Gasteiger partial charge is 0.405 e. The van der Waals surface area contributed by atoms with Crippen molar-refractivity contribution in [2.75, 3.05) is 38.4 Å². The number of ether oxygens (including phenoxy) is 1. The second-order valence-corrected chi connectivity index (χ2v) is 5.07.